The number of hydrogen-bond acceptors (Lipinski definition) is 4. The van der Waals surface area contributed by atoms with Crippen LogP contribution in [-0.2, 0) is 0 Å². The molecule has 2 aromatic rings. The molecule has 86 valence electrons. The summed E-state index contributed by atoms with van der Waals surface area (Å²) in [5.74, 6) is 0. The Morgan fingerprint density at radius 1 is 1.41 bits per heavy atom. The Bertz CT molecular complexity index is 593. The van der Waals surface area contributed by atoms with E-state index in [2.05, 4.69) is 9.97 Å². The summed E-state index contributed by atoms with van der Waals surface area (Å²) in [7, 11) is 0. The number of rotatable bonds is 3. The van der Waals surface area contributed by atoms with E-state index < -0.39 is 4.92 Å². The maximum absolute atomic E-state index is 10.7. The molecule has 0 amide bonds. The lowest BCUT2D eigenvalue weighted by Gasteiger charge is -1.98. The maximum Gasteiger partial charge on any atom is 0.248 e. The molecule has 0 saturated heterocycles. The van der Waals surface area contributed by atoms with E-state index in [0.29, 0.717) is 12.1 Å². The minimum Gasteiger partial charge on any atom is -0.259 e. The van der Waals surface area contributed by atoms with Crippen LogP contribution in [0.25, 0.3) is 17.1 Å². The van der Waals surface area contributed by atoms with Crippen LogP contribution in [0.2, 0.25) is 0 Å². The highest BCUT2D eigenvalue weighted by Gasteiger charge is 2.08. The van der Waals surface area contributed by atoms with E-state index in [0.717, 1.165) is 11.0 Å². The topological polar surface area (TPSA) is 68.9 Å². The minimum absolute atomic E-state index is 0.134. The summed E-state index contributed by atoms with van der Waals surface area (Å²) in [5, 5.41) is 10.7. The summed E-state index contributed by atoms with van der Waals surface area (Å²) in [5.41, 5.74) is 2.16. The molecule has 0 atom stereocenters. The summed E-state index contributed by atoms with van der Waals surface area (Å²) >= 11 is 0. The third-order valence-corrected chi connectivity index (χ3v) is 2.38. The van der Waals surface area contributed by atoms with Crippen molar-refractivity contribution >= 4 is 17.1 Å². The van der Waals surface area contributed by atoms with Crippen LogP contribution in [0.3, 0.4) is 0 Å². The predicted molar refractivity (Wildman–Crippen MR) is 64.8 cm³/mol. The molecule has 5 heteroatoms. The van der Waals surface area contributed by atoms with Crippen molar-refractivity contribution < 1.29 is 4.92 Å². The maximum atomic E-state index is 10.7. The molecule has 1 aromatic carbocycles. The van der Waals surface area contributed by atoms with Gasteiger partial charge in [-0.3, -0.25) is 15.1 Å². The third-order valence-electron chi connectivity index (χ3n) is 2.38. The molecule has 1 heterocycles. The average molecular weight is 229 g/mol. The lowest BCUT2D eigenvalue weighted by atomic mass is 10.2. The zero-order chi connectivity index (χ0) is 12.3. The van der Waals surface area contributed by atoms with Crippen LogP contribution < -0.4 is 0 Å². The molecule has 5 nitrogen and oxygen atoms in total. The van der Waals surface area contributed by atoms with E-state index in [9.17, 15) is 10.1 Å². The minimum atomic E-state index is -0.392. The SMILES string of the molecule is CCC(=Cc1cnc2ccccc2n1)[N+](=O)[O-]. The Hall–Kier alpha value is -2.30. The summed E-state index contributed by atoms with van der Waals surface area (Å²) in [6, 6.07) is 7.42. The fourth-order valence-corrected chi connectivity index (χ4v) is 1.50. The largest absolute Gasteiger partial charge is 0.259 e. The lowest BCUT2D eigenvalue weighted by molar-refractivity contribution is -0.425. The van der Waals surface area contributed by atoms with Crippen LogP contribution in [0.15, 0.2) is 36.2 Å². The van der Waals surface area contributed by atoms with E-state index in [-0.39, 0.29) is 5.70 Å². The molecule has 0 aliphatic carbocycles. The molecule has 0 N–H and O–H groups in total. The second-order valence-electron chi connectivity index (χ2n) is 3.53. The molecular formula is C12H11N3O2. The van der Waals surface area contributed by atoms with Crippen LogP contribution in [0.5, 0.6) is 0 Å². The van der Waals surface area contributed by atoms with E-state index in [4.69, 9.17) is 0 Å². The van der Waals surface area contributed by atoms with Crippen LogP contribution in [0, 0.1) is 10.1 Å². The number of nitrogens with zero attached hydrogens (tertiary/aromatic N) is 3. The van der Waals surface area contributed by atoms with E-state index in [1.807, 2.05) is 24.3 Å². The Balaban J connectivity index is 2.46. The molecule has 2 rings (SSSR count). The van der Waals surface area contributed by atoms with Crippen LogP contribution >= 0.6 is 0 Å². The van der Waals surface area contributed by atoms with Crippen molar-refractivity contribution in [1.82, 2.24) is 9.97 Å². The van der Waals surface area contributed by atoms with E-state index in [1.54, 1.807) is 13.1 Å². The number of aromatic nitrogens is 2. The summed E-state index contributed by atoms with van der Waals surface area (Å²) in [6.07, 6.45) is 3.36. The first-order valence-electron chi connectivity index (χ1n) is 5.27. The van der Waals surface area contributed by atoms with Crippen LogP contribution in [0.4, 0.5) is 0 Å². The van der Waals surface area contributed by atoms with Crippen molar-refractivity contribution in [3.05, 3.63) is 52.0 Å². The quantitative estimate of drug-likeness (QED) is 0.599. The zero-order valence-corrected chi connectivity index (χ0v) is 9.33. The first-order valence-corrected chi connectivity index (χ1v) is 5.27. The Morgan fingerprint density at radius 3 is 2.76 bits per heavy atom. The Kier molecular flexibility index (Phi) is 3.09. The summed E-state index contributed by atoms with van der Waals surface area (Å²) in [4.78, 5) is 18.8. The molecule has 1 aromatic heterocycles. The fourth-order valence-electron chi connectivity index (χ4n) is 1.50. The van der Waals surface area contributed by atoms with Gasteiger partial charge in [-0.05, 0) is 12.1 Å². The van der Waals surface area contributed by atoms with Gasteiger partial charge < -0.3 is 0 Å². The van der Waals surface area contributed by atoms with Crippen molar-refractivity contribution in [3.63, 3.8) is 0 Å². The van der Waals surface area contributed by atoms with Gasteiger partial charge in [0.15, 0.2) is 0 Å². The van der Waals surface area contributed by atoms with Crippen molar-refractivity contribution in [2.75, 3.05) is 0 Å². The molecule has 0 saturated carbocycles. The Morgan fingerprint density at radius 2 is 2.12 bits per heavy atom. The molecule has 0 fully saturated rings. The lowest BCUT2D eigenvalue weighted by Crippen LogP contribution is -1.97. The molecule has 0 spiro atoms. The van der Waals surface area contributed by atoms with Crippen LogP contribution in [-0.4, -0.2) is 14.9 Å². The smallest absolute Gasteiger partial charge is 0.248 e. The predicted octanol–water partition coefficient (Wildman–Crippen LogP) is 2.66. The fraction of sp³-hybridized carbons (Fsp3) is 0.167. The molecule has 0 aliphatic heterocycles. The van der Waals surface area contributed by atoms with Gasteiger partial charge in [-0.25, -0.2) is 4.98 Å². The molecule has 17 heavy (non-hydrogen) atoms. The highest BCUT2D eigenvalue weighted by atomic mass is 16.6. The zero-order valence-electron chi connectivity index (χ0n) is 9.33. The number of fused-ring (bicyclic) bond motifs is 1. The van der Waals surface area contributed by atoms with Crippen molar-refractivity contribution in [2.45, 2.75) is 13.3 Å². The van der Waals surface area contributed by atoms with Crippen LogP contribution in [0.1, 0.15) is 19.0 Å². The number of allylic oxidation sites excluding steroid dienone is 1. The van der Waals surface area contributed by atoms with Gasteiger partial charge in [-0.2, -0.15) is 0 Å². The second kappa shape index (κ2) is 4.69. The average Bonchev–Trinajstić information content (AvgIpc) is 2.35. The van der Waals surface area contributed by atoms with Gasteiger partial charge in [0.2, 0.25) is 5.70 Å². The number of benzene rings is 1. The van der Waals surface area contributed by atoms with E-state index >= 15 is 0 Å². The summed E-state index contributed by atoms with van der Waals surface area (Å²) in [6.45, 7) is 1.74. The van der Waals surface area contributed by atoms with Gasteiger partial charge in [-0.1, -0.05) is 19.1 Å². The molecule has 0 aliphatic rings. The molecule has 0 bridgehead atoms. The first kappa shape index (κ1) is 11.2. The van der Waals surface area contributed by atoms with Crippen molar-refractivity contribution in [3.8, 4) is 0 Å². The highest BCUT2D eigenvalue weighted by molar-refractivity contribution is 5.74. The number of nitro groups is 1. The highest BCUT2D eigenvalue weighted by Crippen LogP contribution is 2.12. The van der Waals surface area contributed by atoms with Gasteiger partial charge in [-0.15, -0.1) is 0 Å². The molecule has 0 radical (unpaired) electrons. The van der Waals surface area contributed by atoms with Crippen molar-refractivity contribution in [1.29, 1.82) is 0 Å². The normalized spacial score (nSPS) is 11.7. The van der Waals surface area contributed by atoms with Gasteiger partial charge in [0, 0.05) is 12.5 Å². The van der Waals surface area contributed by atoms with Gasteiger partial charge in [0.1, 0.15) is 0 Å². The number of hydrogen-bond donors (Lipinski definition) is 0. The van der Waals surface area contributed by atoms with Gasteiger partial charge in [0.05, 0.1) is 27.8 Å². The van der Waals surface area contributed by atoms with E-state index in [1.165, 1.54) is 6.08 Å². The summed E-state index contributed by atoms with van der Waals surface area (Å²) < 4.78 is 0. The Labute approximate surface area is 98.0 Å². The van der Waals surface area contributed by atoms with Gasteiger partial charge >= 0.3 is 0 Å². The third kappa shape index (κ3) is 2.44. The monoisotopic (exact) mass is 229 g/mol. The number of para-hydroxylation sites is 2. The second-order valence-corrected chi connectivity index (χ2v) is 3.53. The first-order chi connectivity index (χ1) is 8.20. The van der Waals surface area contributed by atoms with Crippen molar-refractivity contribution in [2.24, 2.45) is 0 Å². The molecular weight excluding hydrogens is 218 g/mol. The molecule has 0 unspecified atom stereocenters. The standard InChI is InChI=1S/C12H11N3O2/c1-2-10(15(16)17)7-9-8-13-11-5-3-4-6-12(11)14-9/h3-8H,2H2,1H3. The van der Waals surface area contributed by atoms with Gasteiger partial charge in [0.25, 0.3) is 0 Å².